The summed E-state index contributed by atoms with van der Waals surface area (Å²) in [5, 5.41) is 0. The Morgan fingerprint density at radius 1 is 1.14 bits per heavy atom. The van der Waals surface area contributed by atoms with Crippen molar-refractivity contribution >= 4 is 86.6 Å². The van der Waals surface area contributed by atoms with E-state index in [-0.39, 0.29) is 76.2 Å². The van der Waals surface area contributed by atoms with E-state index >= 15 is 0 Å². The van der Waals surface area contributed by atoms with Crippen molar-refractivity contribution in [2.24, 2.45) is 0 Å². The molecule has 0 saturated heterocycles. The first kappa shape index (κ1) is 16.2. The molecule has 38 valence electrons. The topological polar surface area (TPSA) is 74.6 Å². The number of hydrogen-bond acceptors (Lipinski definition) is 2. The van der Waals surface area contributed by atoms with Crippen molar-refractivity contribution in [3.8, 4) is 0 Å². The first-order valence-corrected chi connectivity index (χ1v) is 2.10. The third kappa shape index (κ3) is 60.6. The van der Waals surface area contributed by atoms with Gasteiger partial charge in [0.1, 0.15) is 0 Å². The van der Waals surface area contributed by atoms with Crippen LogP contribution in [0.25, 0.3) is 0 Å². The van der Waals surface area contributed by atoms with E-state index in [9.17, 15) is 0 Å². The fourth-order valence-electron chi connectivity index (χ4n) is 0. The van der Waals surface area contributed by atoms with Gasteiger partial charge in [-0.1, -0.05) is 0 Å². The normalized spacial score (nSPS) is 8.29. The SMILES string of the molecule is O=S(=O)(O)O.[Ba].[Pb]. The zero-order valence-corrected chi connectivity index (χ0v) is 12.5. The molecule has 0 aromatic rings. The van der Waals surface area contributed by atoms with Gasteiger partial charge in [-0.05, 0) is 0 Å². The van der Waals surface area contributed by atoms with Crippen LogP contribution in [0.1, 0.15) is 0 Å². The third-order valence-corrected chi connectivity index (χ3v) is 0. The summed E-state index contributed by atoms with van der Waals surface area (Å²) in [7, 11) is -4.67. The van der Waals surface area contributed by atoms with Gasteiger partial charge in [0.25, 0.3) is 0 Å². The van der Waals surface area contributed by atoms with E-state index in [4.69, 9.17) is 17.5 Å². The van der Waals surface area contributed by atoms with Crippen molar-refractivity contribution in [2.75, 3.05) is 0 Å². The first-order chi connectivity index (χ1) is 2.00. The predicted octanol–water partition coefficient (Wildman–Crippen LogP) is -1.41. The maximum Gasteiger partial charge on any atom is 0.394 e. The molecule has 6 radical (unpaired) electrons. The summed E-state index contributed by atoms with van der Waals surface area (Å²) < 4.78 is 31.6. The predicted molar refractivity (Wildman–Crippen MR) is 25.7 cm³/mol. The van der Waals surface area contributed by atoms with Gasteiger partial charge in [-0.25, -0.2) is 0 Å². The van der Waals surface area contributed by atoms with E-state index < -0.39 is 10.4 Å². The summed E-state index contributed by atoms with van der Waals surface area (Å²) in [6.45, 7) is 0. The summed E-state index contributed by atoms with van der Waals surface area (Å²) in [4.78, 5) is 0. The molecule has 0 aliphatic carbocycles. The Kier molecular flexibility index (Phi) is 15.0. The molecule has 2 N–H and O–H groups in total. The van der Waals surface area contributed by atoms with Crippen LogP contribution in [0.15, 0.2) is 0 Å². The van der Waals surface area contributed by atoms with Gasteiger partial charge >= 0.3 is 10.4 Å². The Hall–Kier alpha value is 2.36. The number of hydrogen-bond donors (Lipinski definition) is 2. The quantitative estimate of drug-likeness (QED) is 0.357. The maximum atomic E-state index is 8.74. The van der Waals surface area contributed by atoms with Gasteiger partial charge in [0, 0.05) is 76.2 Å². The van der Waals surface area contributed by atoms with Crippen LogP contribution in [0, 0.1) is 0 Å². The minimum atomic E-state index is -4.67. The molecule has 0 rings (SSSR count). The minimum absolute atomic E-state index is 0. The molecule has 4 nitrogen and oxygen atoms in total. The standard InChI is InChI=1S/Ba.H2O4S.Pb/c;1-5(2,3)4;/h;(H2,1,2,3,4);. The summed E-state index contributed by atoms with van der Waals surface area (Å²) in [6.07, 6.45) is 0. The minimum Gasteiger partial charge on any atom is -0.264 e. The second-order valence-corrected chi connectivity index (χ2v) is 1.34. The molecule has 0 bridgehead atoms. The molecule has 0 aromatic carbocycles. The van der Waals surface area contributed by atoms with Crippen molar-refractivity contribution < 1.29 is 17.5 Å². The van der Waals surface area contributed by atoms with E-state index in [2.05, 4.69) is 0 Å². The fourth-order valence-corrected chi connectivity index (χ4v) is 0. The largest absolute Gasteiger partial charge is 0.394 e. The van der Waals surface area contributed by atoms with Crippen LogP contribution in [0.3, 0.4) is 0 Å². The molecule has 0 aliphatic rings. The van der Waals surface area contributed by atoms with Crippen molar-refractivity contribution in [1.29, 1.82) is 0 Å². The number of rotatable bonds is 0. The van der Waals surface area contributed by atoms with E-state index in [1.165, 1.54) is 0 Å². The molecule has 0 atom stereocenters. The third-order valence-electron chi connectivity index (χ3n) is 0. The van der Waals surface area contributed by atoms with Gasteiger partial charge in [-0.3, -0.25) is 9.11 Å². The van der Waals surface area contributed by atoms with Gasteiger partial charge in [-0.15, -0.1) is 0 Å². The summed E-state index contributed by atoms with van der Waals surface area (Å²) in [5.41, 5.74) is 0. The summed E-state index contributed by atoms with van der Waals surface area (Å²) in [5.74, 6) is 0. The van der Waals surface area contributed by atoms with Crippen molar-refractivity contribution in [1.82, 2.24) is 0 Å². The van der Waals surface area contributed by atoms with Gasteiger partial charge < -0.3 is 0 Å². The molecular weight excluding hydrogens is 441 g/mol. The smallest absolute Gasteiger partial charge is 0.264 e. The molecule has 7 heavy (non-hydrogen) atoms. The molecule has 0 spiro atoms. The van der Waals surface area contributed by atoms with Gasteiger partial charge in [-0.2, -0.15) is 8.42 Å². The van der Waals surface area contributed by atoms with Crippen LogP contribution in [-0.2, 0) is 10.4 Å². The average molecular weight is 443 g/mol. The average Bonchev–Trinajstić information content (AvgIpc) is 0.722. The Morgan fingerprint density at radius 3 is 1.14 bits per heavy atom. The molecule has 7 heteroatoms. The molecule has 0 unspecified atom stereocenters. The Morgan fingerprint density at radius 2 is 1.14 bits per heavy atom. The monoisotopic (exact) mass is 444 g/mol. The van der Waals surface area contributed by atoms with Crippen LogP contribution in [0.2, 0.25) is 0 Å². The van der Waals surface area contributed by atoms with Crippen molar-refractivity contribution in [2.45, 2.75) is 0 Å². The van der Waals surface area contributed by atoms with Gasteiger partial charge in [0.2, 0.25) is 0 Å². The molecule has 0 saturated carbocycles. The van der Waals surface area contributed by atoms with Crippen LogP contribution < -0.4 is 0 Å². The molecule has 0 amide bonds. The molecule has 0 aliphatic heterocycles. The zero-order valence-electron chi connectivity index (χ0n) is 3.33. The van der Waals surface area contributed by atoms with Crippen molar-refractivity contribution in [3.63, 3.8) is 0 Å². The Labute approximate surface area is 102 Å². The van der Waals surface area contributed by atoms with Crippen molar-refractivity contribution in [3.05, 3.63) is 0 Å². The van der Waals surface area contributed by atoms with E-state index in [0.29, 0.717) is 0 Å². The van der Waals surface area contributed by atoms with Crippen LogP contribution in [-0.4, -0.2) is 93.7 Å². The van der Waals surface area contributed by atoms with Crippen LogP contribution in [0.4, 0.5) is 0 Å². The first-order valence-electron chi connectivity index (χ1n) is 0.698. The Bertz CT molecular complexity index is 94.9. The van der Waals surface area contributed by atoms with E-state index in [0.717, 1.165) is 0 Å². The maximum absolute atomic E-state index is 8.74. The molecule has 0 aromatic heterocycles. The second kappa shape index (κ2) is 6.48. The molecular formula is H2BaO4PbS. The fraction of sp³-hybridized carbons (Fsp3) is 0. The van der Waals surface area contributed by atoms with Crippen LogP contribution >= 0.6 is 0 Å². The molecule has 0 heterocycles. The van der Waals surface area contributed by atoms with Crippen LogP contribution in [0.5, 0.6) is 0 Å². The second-order valence-electron chi connectivity index (χ2n) is 0.448. The van der Waals surface area contributed by atoms with E-state index in [1.54, 1.807) is 0 Å². The Balaban J connectivity index is -0.0000000800. The zero-order chi connectivity index (χ0) is 4.50. The van der Waals surface area contributed by atoms with E-state index in [1.807, 2.05) is 0 Å². The van der Waals surface area contributed by atoms with Gasteiger partial charge in [0.05, 0.1) is 0 Å². The summed E-state index contributed by atoms with van der Waals surface area (Å²) >= 11 is 0. The molecule has 0 fully saturated rings. The van der Waals surface area contributed by atoms with Gasteiger partial charge in [0.15, 0.2) is 0 Å². The summed E-state index contributed by atoms with van der Waals surface area (Å²) in [6, 6.07) is 0.